The summed E-state index contributed by atoms with van der Waals surface area (Å²) in [6.07, 6.45) is 4.27. The molecule has 5 rings (SSSR count). The quantitative estimate of drug-likeness (QED) is 0.726. The molecule has 0 unspecified atom stereocenters. The molecule has 0 amide bonds. The third kappa shape index (κ3) is 2.42. The predicted molar refractivity (Wildman–Crippen MR) is 103 cm³/mol. The number of H-pyrrole nitrogens is 1. The summed E-state index contributed by atoms with van der Waals surface area (Å²) in [5.41, 5.74) is 2.93. The van der Waals surface area contributed by atoms with Gasteiger partial charge in [-0.05, 0) is 43.9 Å². The van der Waals surface area contributed by atoms with E-state index < -0.39 is 5.69 Å². The summed E-state index contributed by atoms with van der Waals surface area (Å²) in [5, 5.41) is 10.2. The molecule has 1 saturated carbocycles. The number of hydrogen-bond donors (Lipinski definition) is 2. The van der Waals surface area contributed by atoms with E-state index in [1.807, 2.05) is 26.0 Å². The zero-order valence-corrected chi connectivity index (χ0v) is 15.8. The van der Waals surface area contributed by atoms with E-state index in [0.29, 0.717) is 30.3 Å². The third-order valence-electron chi connectivity index (χ3n) is 5.68. The van der Waals surface area contributed by atoms with Crippen molar-refractivity contribution in [3.8, 4) is 28.9 Å². The van der Waals surface area contributed by atoms with E-state index in [0.717, 1.165) is 35.5 Å². The second kappa shape index (κ2) is 5.89. The van der Waals surface area contributed by atoms with Crippen molar-refractivity contribution in [2.45, 2.75) is 38.5 Å². The zero-order valence-electron chi connectivity index (χ0n) is 15.8. The first kappa shape index (κ1) is 16.9. The highest BCUT2D eigenvalue weighted by Crippen LogP contribution is 2.59. The van der Waals surface area contributed by atoms with Crippen molar-refractivity contribution >= 4 is 0 Å². The van der Waals surface area contributed by atoms with Gasteiger partial charge in [-0.1, -0.05) is 13.0 Å². The fraction of sp³-hybridized carbons (Fsp3) is 0.333. The minimum atomic E-state index is -0.394. The summed E-state index contributed by atoms with van der Waals surface area (Å²) in [7, 11) is 0. The largest absolute Gasteiger partial charge is 0.493 e. The van der Waals surface area contributed by atoms with Gasteiger partial charge in [0.15, 0.2) is 0 Å². The predicted octanol–water partition coefficient (Wildman–Crippen LogP) is 3.35. The number of fused-ring (bicyclic) bond motifs is 2. The van der Waals surface area contributed by atoms with Gasteiger partial charge in [-0.3, -0.25) is 0 Å². The van der Waals surface area contributed by atoms with E-state index in [1.54, 1.807) is 12.1 Å². The molecule has 2 aromatic heterocycles. The maximum Gasteiger partial charge on any atom is 0.333 e. The molecule has 144 valence electrons. The summed E-state index contributed by atoms with van der Waals surface area (Å²) in [6, 6.07) is 7.36. The van der Waals surface area contributed by atoms with Crippen LogP contribution in [0, 0.1) is 6.92 Å². The zero-order chi connectivity index (χ0) is 19.5. The number of nitrogens with zero attached hydrogens (tertiary/aromatic N) is 2. The van der Waals surface area contributed by atoms with E-state index in [-0.39, 0.29) is 11.3 Å². The molecule has 0 saturated heterocycles. The summed E-state index contributed by atoms with van der Waals surface area (Å²) < 4.78 is 13.2. The molecular formula is C21H21N3O4. The van der Waals surface area contributed by atoms with Crippen LogP contribution < -0.4 is 15.2 Å². The Morgan fingerprint density at radius 1 is 1.32 bits per heavy atom. The van der Waals surface area contributed by atoms with Crippen LogP contribution in [0.25, 0.3) is 5.69 Å². The van der Waals surface area contributed by atoms with Crippen LogP contribution in [0.2, 0.25) is 0 Å². The molecule has 2 aliphatic rings. The van der Waals surface area contributed by atoms with E-state index in [1.165, 1.54) is 10.8 Å². The third-order valence-corrected chi connectivity index (χ3v) is 5.68. The van der Waals surface area contributed by atoms with Crippen LogP contribution in [-0.4, -0.2) is 26.2 Å². The molecule has 0 atom stereocenters. The Labute approximate surface area is 161 Å². The van der Waals surface area contributed by atoms with Gasteiger partial charge in [0.1, 0.15) is 11.5 Å². The molecule has 3 aromatic rings. The Bertz CT molecular complexity index is 1120. The van der Waals surface area contributed by atoms with Crippen molar-refractivity contribution in [2.24, 2.45) is 0 Å². The van der Waals surface area contributed by atoms with Gasteiger partial charge in [0.05, 0.1) is 24.2 Å². The van der Waals surface area contributed by atoms with Gasteiger partial charge in [0.25, 0.3) is 0 Å². The van der Waals surface area contributed by atoms with Crippen LogP contribution in [0.1, 0.15) is 36.6 Å². The van der Waals surface area contributed by atoms with Gasteiger partial charge >= 0.3 is 5.69 Å². The van der Waals surface area contributed by atoms with Crippen LogP contribution in [0.15, 0.2) is 35.3 Å². The Hall–Kier alpha value is -3.22. The topological polar surface area (TPSA) is 89.4 Å². The highest BCUT2D eigenvalue weighted by molar-refractivity contribution is 5.59. The molecule has 7 nitrogen and oxygen atoms in total. The molecule has 0 bridgehead atoms. The van der Waals surface area contributed by atoms with E-state index >= 15 is 0 Å². The van der Waals surface area contributed by atoms with Gasteiger partial charge in [0.2, 0.25) is 11.8 Å². The SMILES string of the molecule is CCc1[nH]c(=O)n(-c2ccc(Oc3ccc(C)c4c3C3(CC3)CO4)nc2)c1O. The molecular weight excluding hydrogens is 358 g/mol. The number of aromatic nitrogens is 3. The summed E-state index contributed by atoms with van der Waals surface area (Å²) in [5.74, 6) is 2.04. The van der Waals surface area contributed by atoms with E-state index in [9.17, 15) is 9.90 Å². The number of aryl methyl sites for hydroxylation is 2. The number of hydrogen-bond acceptors (Lipinski definition) is 5. The Balaban J connectivity index is 1.47. The molecule has 3 heterocycles. The molecule has 2 N–H and O–H groups in total. The lowest BCUT2D eigenvalue weighted by Gasteiger charge is -2.13. The van der Waals surface area contributed by atoms with Crippen LogP contribution in [0.3, 0.4) is 0 Å². The van der Waals surface area contributed by atoms with Crippen LogP contribution >= 0.6 is 0 Å². The highest BCUT2D eigenvalue weighted by atomic mass is 16.5. The number of aromatic hydroxyl groups is 1. The second-order valence-electron chi connectivity index (χ2n) is 7.53. The van der Waals surface area contributed by atoms with Crippen LogP contribution in [-0.2, 0) is 11.8 Å². The lowest BCUT2D eigenvalue weighted by atomic mass is 9.95. The van der Waals surface area contributed by atoms with E-state index in [4.69, 9.17) is 9.47 Å². The van der Waals surface area contributed by atoms with Crippen molar-refractivity contribution in [3.63, 3.8) is 0 Å². The molecule has 1 spiro atoms. The fourth-order valence-electron chi connectivity index (χ4n) is 3.91. The molecule has 1 fully saturated rings. The van der Waals surface area contributed by atoms with E-state index in [2.05, 4.69) is 9.97 Å². The fourth-order valence-corrected chi connectivity index (χ4v) is 3.91. The number of imidazole rings is 1. The number of nitrogens with one attached hydrogen (secondary N) is 1. The molecule has 7 heteroatoms. The average molecular weight is 379 g/mol. The van der Waals surface area contributed by atoms with Crippen LogP contribution in [0.4, 0.5) is 0 Å². The van der Waals surface area contributed by atoms with Gasteiger partial charge in [0, 0.05) is 17.0 Å². The number of ether oxygens (including phenoxy) is 2. The minimum absolute atomic E-state index is 0.0906. The van der Waals surface area contributed by atoms with Gasteiger partial charge in [-0.25, -0.2) is 14.3 Å². The Morgan fingerprint density at radius 3 is 2.79 bits per heavy atom. The molecule has 28 heavy (non-hydrogen) atoms. The molecule has 1 aliphatic heterocycles. The maximum absolute atomic E-state index is 12.1. The van der Waals surface area contributed by atoms with Crippen molar-refractivity contribution in [1.29, 1.82) is 0 Å². The Kier molecular flexibility index (Phi) is 3.56. The smallest absolute Gasteiger partial charge is 0.333 e. The van der Waals surface area contributed by atoms with Crippen molar-refractivity contribution in [2.75, 3.05) is 6.61 Å². The first-order chi connectivity index (χ1) is 13.5. The monoisotopic (exact) mass is 379 g/mol. The van der Waals surface area contributed by atoms with Gasteiger partial charge < -0.3 is 19.6 Å². The van der Waals surface area contributed by atoms with Gasteiger partial charge in [-0.15, -0.1) is 0 Å². The van der Waals surface area contributed by atoms with Gasteiger partial charge in [-0.2, -0.15) is 0 Å². The maximum atomic E-state index is 12.1. The lowest BCUT2D eigenvalue weighted by Crippen LogP contribution is -2.14. The molecule has 0 radical (unpaired) electrons. The number of rotatable bonds is 4. The first-order valence-corrected chi connectivity index (χ1v) is 9.46. The number of benzene rings is 1. The van der Waals surface area contributed by atoms with Crippen molar-refractivity contribution < 1.29 is 14.6 Å². The highest BCUT2D eigenvalue weighted by Gasteiger charge is 2.53. The summed E-state index contributed by atoms with van der Waals surface area (Å²) in [6.45, 7) is 4.62. The van der Waals surface area contributed by atoms with Crippen LogP contribution in [0.5, 0.6) is 23.3 Å². The second-order valence-corrected chi connectivity index (χ2v) is 7.53. The normalized spacial score (nSPS) is 16.1. The lowest BCUT2D eigenvalue weighted by molar-refractivity contribution is 0.322. The first-order valence-electron chi connectivity index (χ1n) is 9.46. The standard InChI is InChI=1S/C21H21N3O4/c1-3-14-19(25)24(20(26)23-14)13-5-7-16(22-10-13)28-15-6-4-12(2)18-17(15)21(8-9-21)11-27-18/h4-7,10,25H,3,8-9,11H2,1-2H3,(H,23,26). The van der Waals surface area contributed by atoms with Crippen molar-refractivity contribution in [3.05, 3.63) is 57.8 Å². The summed E-state index contributed by atoms with van der Waals surface area (Å²) >= 11 is 0. The van der Waals surface area contributed by atoms with Crippen molar-refractivity contribution in [1.82, 2.24) is 14.5 Å². The minimum Gasteiger partial charge on any atom is -0.493 e. The molecule has 1 aromatic carbocycles. The average Bonchev–Trinajstić information content (AvgIpc) is 3.28. The summed E-state index contributed by atoms with van der Waals surface area (Å²) in [4.78, 5) is 19.1. The number of pyridine rings is 1. The number of aromatic amines is 1. The molecule has 1 aliphatic carbocycles. The Morgan fingerprint density at radius 2 is 2.14 bits per heavy atom.